The molecule has 0 N–H and O–H groups in total. The van der Waals surface area contributed by atoms with Gasteiger partial charge in [0.15, 0.2) is 5.78 Å². The Kier molecular flexibility index (Phi) is 2.29. The number of rotatable bonds is 1. The van der Waals surface area contributed by atoms with Crippen LogP contribution in [0.3, 0.4) is 0 Å². The third-order valence-corrected chi connectivity index (χ3v) is 2.28. The van der Waals surface area contributed by atoms with Gasteiger partial charge in [-0.1, -0.05) is 12.1 Å². The average Bonchev–Trinajstić information content (AvgIpc) is 2.26. The molecule has 2 aromatic rings. The summed E-state index contributed by atoms with van der Waals surface area (Å²) < 4.78 is 4.97. The molecule has 1 heterocycles. The number of hydrogen-bond acceptors (Lipinski definition) is 4. The molecule has 2 rings (SSSR count). The smallest absolute Gasteiger partial charge is 0.348 e. The molecule has 0 atom stereocenters. The van der Waals surface area contributed by atoms with E-state index in [2.05, 4.69) is 0 Å². The Morgan fingerprint density at radius 3 is 2.69 bits per heavy atom. The van der Waals surface area contributed by atoms with Crippen molar-refractivity contribution in [3.8, 4) is 6.07 Å². The lowest BCUT2D eigenvalue weighted by molar-refractivity contribution is 0.101. The number of para-hydroxylation sites is 1. The first-order valence-corrected chi connectivity index (χ1v) is 4.62. The number of carbonyl (C=O) groups excluding carboxylic acids is 1. The van der Waals surface area contributed by atoms with Gasteiger partial charge in [-0.15, -0.1) is 0 Å². The van der Waals surface area contributed by atoms with Crippen LogP contribution < -0.4 is 5.63 Å². The van der Waals surface area contributed by atoms with Crippen molar-refractivity contribution in [3.63, 3.8) is 0 Å². The largest absolute Gasteiger partial charge is 0.422 e. The summed E-state index contributed by atoms with van der Waals surface area (Å²) in [6, 6.07) is 8.52. The van der Waals surface area contributed by atoms with Crippen LogP contribution in [0.4, 0.5) is 0 Å². The summed E-state index contributed by atoms with van der Waals surface area (Å²) in [6.07, 6.45) is 0. The van der Waals surface area contributed by atoms with E-state index >= 15 is 0 Å². The van der Waals surface area contributed by atoms with Gasteiger partial charge in [-0.3, -0.25) is 4.79 Å². The SMILES string of the molecule is CC(=O)c1c(C#N)c2ccccc2oc1=O. The monoisotopic (exact) mass is 213 g/mol. The van der Waals surface area contributed by atoms with E-state index in [-0.39, 0.29) is 11.1 Å². The van der Waals surface area contributed by atoms with E-state index in [0.29, 0.717) is 11.0 Å². The molecule has 4 nitrogen and oxygen atoms in total. The van der Waals surface area contributed by atoms with Crippen LogP contribution in [-0.2, 0) is 0 Å². The number of carbonyl (C=O) groups is 1. The highest BCUT2D eigenvalue weighted by molar-refractivity contribution is 6.00. The minimum absolute atomic E-state index is 0.0827. The van der Waals surface area contributed by atoms with Gasteiger partial charge in [-0.05, 0) is 19.1 Å². The Morgan fingerprint density at radius 1 is 1.38 bits per heavy atom. The Bertz CT molecular complexity index is 677. The molecule has 0 amide bonds. The van der Waals surface area contributed by atoms with Crippen LogP contribution in [0.25, 0.3) is 11.0 Å². The fraction of sp³-hybridized carbons (Fsp3) is 0.0833. The quantitative estimate of drug-likeness (QED) is 0.535. The molecule has 4 heteroatoms. The number of fused-ring (bicyclic) bond motifs is 1. The molecule has 0 fully saturated rings. The lowest BCUT2D eigenvalue weighted by atomic mass is 10.0. The third kappa shape index (κ3) is 1.39. The summed E-state index contributed by atoms with van der Waals surface area (Å²) in [7, 11) is 0. The van der Waals surface area contributed by atoms with Crippen LogP contribution in [0, 0.1) is 11.3 Å². The van der Waals surface area contributed by atoms with E-state index in [1.165, 1.54) is 6.92 Å². The number of nitriles is 1. The van der Waals surface area contributed by atoms with Crippen LogP contribution in [-0.4, -0.2) is 5.78 Å². The van der Waals surface area contributed by atoms with E-state index in [4.69, 9.17) is 9.68 Å². The molecule has 16 heavy (non-hydrogen) atoms. The zero-order valence-electron chi connectivity index (χ0n) is 8.48. The second-order valence-corrected chi connectivity index (χ2v) is 3.30. The fourth-order valence-electron chi connectivity index (χ4n) is 1.59. The van der Waals surface area contributed by atoms with Crippen molar-refractivity contribution < 1.29 is 9.21 Å². The van der Waals surface area contributed by atoms with E-state index in [0.717, 1.165) is 0 Å². The van der Waals surface area contributed by atoms with Gasteiger partial charge >= 0.3 is 5.63 Å². The minimum Gasteiger partial charge on any atom is -0.422 e. The summed E-state index contributed by atoms with van der Waals surface area (Å²) in [5.74, 6) is -0.462. The highest BCUT2D eigenvalue weighted by atomic mass is 16.4. The standard InChI is InChI=1S/C12H7NO3/c1-7(14)11-9(6-13)8-4-2-3-5-10(8)16-12(11)15/h2-5H,1H3. The van der Waals surface area contributed by atoms with E-state index < -0.39 is 11.4 Å². The van der Waals surface area contributed by atoms with Crippen molar-refractivity contribution in [1.29, 1.82) is 5.26 Å². The highest BCUT2D eigenvalue weighted by Crippen LogP contribution is 2.19. The summed E-state index contributed by atoms with van der Waals surface area (Å²) in [4.78, 5) is 22.8. The average molecular weight is 213 g/mol. The van der Waals surface area contributed by atoms with Gasteiger partial charge in [-0.25, -0.2) is 4.79 Å². The second kappa shape index (κ2) is 3.63. The Hall–Kier alpha value is -2.41. The maximum Gasteiger partial charge on any atom is 0.348 e. The molecular weight excluding hydrogens is 206 g/mol. The van der Waals surface area contributed by atoms with E-state index in [9.17, 15) is 9.59 Å². The van der Waals surface area contributed by atoms with Crippen LogP contribution in [0.15, 0.2) is 33.5 Å². The van der Waals surface area contributed by atoms with Gasteiger partial charge in [0.1, 0.15) is 17.2 Å². The van der Waals surface area contributed by atoms with Crippen LogP contribution in [0.5, 0.6) is 0 Å². The van der Waals surface area contributed by atoms with Gasteiger partial charge < -0.3 is 4.42 Å². The van der Waals surface area contributed by atoms with Gasteiger partial charge in [0.25, 0.3) is 0 Å². The van der Waals surface area contributed by atoms with Crippen molar-refractivity contribution in [2.75, 3.05) is 0 Å². The predicted molar refractivity (Wildman–Crippen MR) is 57.2 cm³/mol. The van der Waals surface area contributed by atoms with E-state index in [1.54, 1.807) is 24.3 Å². The number of nitrogens with zero attached hydrogens (tertiary/aromatic N) is 1. The Balaban J connectivity index is 3.04. The van der Waals surface area contributed by atoms with Crippen LogP contribution >= 0.6 is 0 Å². The molecule has 0 radical (unpaired) electrons. The normalized spacial score (nSPS) is 10.0. The summed E-state index contributed by atoms with van der Waals surface area (Å²) >= 11 is 0. The maximum absolute atomic E-state index is 11.5. The Labute approximate surface area is 90.7 Å². The number of Topliss-reactive ketones (excluding diaryl/α,β-unsaturated/α-hetero) is 1. The van der Waals surface area contributed by atoms with E-state index in [1.807, 2.05) is 6.07 Å². The fourth-order valence-corrected chi connectivity index (χ4v) is 1.59. The molecule has 0 saturated heterocycles. The first kappa shape index (κ1) is 10.1. The second-order valence-electron chi connectivity index (χ2n) is 3.30. The molecule has 1 aromatic heterocycles. The topological polar surface area (TPSA) is 71.1 Å². The zero-order valence-corrected chi connectivity index (χ0v) is 8.48. The Morgan fingerprint density at radius 2 is 2.06 bits per heavy atom. The number of benzene rings is 1. The van der Waals surface area contributed by atoms with Crippen molar-refractivity contribution in [1.82, 2.24) is 0 Å². The number of ketones is 1. The molecule has 0 aliphatic carbocycles. The van der Waals surface area contributed by atoms with Crippen molar-refractivity contribution in [2.45, 2.75) is 6.92 Å². The predicted octanol–water partition coefficient (Wildman–Crippen LogP) is 1.87. The summed E-state index contributed by atoms with van der Waals surface area (Å²) in [5, 5.41) is 9.49. The van der Waals surface area contributed by atoms with Gasteiger partial charge in [-0.2, -0.15) is 5.26 Å². The number of hydrogen-bond donors (Lipinski definition) is 0. The summed E-state index contributed by atoms with van der Waals surface area (Å²) in [5.41, 5.74) is -0.544. The molecule has 1 aromatic carbocycles. The highest BCUT2D eigenvalue weighted by Gasteiger charge is 2.17. The first-order valence-electron chi connectivity index (χ1n) is 4.62. The van der Waals surface area contributed by atoms with Crippen molar-refractivity contribution >= 4 is 16.8 Å². The zero-order chi connectivity index (χ0) is 11.7. The van der Waals surface area contributed by atoms with Crippen LogP contribution in [0.2, 0.25) is 0 Å². The molecule has 0 bridgehead atoms. The minimum atomic E-state index is -0.761. The molecule has 0 aliphatic rings. The molecule has 0 unspecified atom stereocenters. The van der Waals surface area contributed by atoms with Gasteiger partial charge in [0, 0.05) is 5.39 Å². The molecular formula is C12H7NO3. The maximum atomic E-state index is 11.5. The van der Waals surface area contributed by atoms with Gasteiger partial charge in [0.05, 0.1) is 5.56 Å². The summed E-state index contributed by atoms with van der Waals surface area (Å²) in [6.45, 7) is 1.24. The third-order valence-electron chi connectivity index (χ3n) is 2.28. The van der Waals surface area contributed by atoms with Crippen LogP contribution in [0.1, 0.15) is 22.8 Å². The molecule has 0 spiro atoms. The molecule has 78 valence electrons. The van der Waals surface area contributed by atoms with Crippen molar-refractivity contribution in [3.05, 3.63) is 45.8 Å². The van der Waals surface area contributed by atoms with Gasteiger partial charge in [0.2, 0.25) is 0 Å². The molecule has 0 saturated carbocycles. The van der Waals surface area contributed by atoms with Crippen molar-refractivity contribution in [2.24, 2.45) is 0 Å². The molecule has 0 aliphatic heterocycles. The lowest BCUT2D eigenvalue weighted by Crippen LogP contribution is -2.14. The lowest BCUT2D eigenvalue weighted by Gasteiger charge is -2.01. The first-order chi connectivity index (χ1) is 7.65.